The van der Waals surface area contributed by atoms with Crippen molar-refractivity contribution in [3.63, 3.8) is 0 Å². The van der Waals surface area contributed by atoms with Gasteiger partial charge in [0, 0.05) is 16.6 Å². The zero-order chi connectivity index (χ0) is 20.5. The summed E-state index contributed by atoms with van der Waals surface area (Å²) in [6.45, 7) is 6.09. The van der Waals surface area contributed by atoms with Crippen LogP contribution < -0.4 is 5.32 Å². The number of aryl methyl sites for hydroxylation is 1. The third-order valence-electron chi connectivity index (χ3n) is 4.55. The van der Waals surface area contributed by atoms with Crippen molar-refractivity contribution in [1.82, 2.24) is 19.6 Å². The number of thioether (sulfide) groups is 1. The van der Waals surface area contributed by atoms with Gasteiger partial charge in [-0.15, -0.1) is 10.2 Å². The van der Waals surface area contributed by atoms with Gasteiger partial charge in [-0.1, -0.05) is 55.4 Å². The highest BCUT2D eigenvalue weighted by atomic mass is 35.5. The summed E-state index contributed by atoms with van der Waals surface area (Å²) in [5, 5.41) is 12.9. The number of aromatic nitrogens is 4. The average Bonchev–Trinajstić information content (AvgIpc) is 3.15. The topological polar surface area (TPSA) is 72.2 Å². The van der Waals surface area contributed by atoms with Crippen LogP contribution in [0.4, 0.5) is 5.69 Å². The number of anilines is 1. The molecule has 0 aliphatic rings. The molecule has 0 spiro atoms. The van der Waals surface area contributed by atoms with Crippen molar-refractivity contribution >= 4 is 51.6 Å². The van der Waals surface area contributed by atoms with Crippen molar-refractivity contribution in [2.75, 3.05) is 11.1 Å². The molecule has 2 aromatic heterocycles. The number of fused-ring (bicyclic) bond motifs is 3. The summed E-state index contributed by atoms with van der Waals surface area (Å²) in [5.74, 6) is 1.16. The Labute approximate surface area is 177 Å². The molecule has 1 amide bonds. The van der Waals surface area contributed by atoms with Gasteiger partial charge in [-0.05, 0) is 36.8 Å². The quantitative estimate of drug-likeness (QED) is 0.450. The van der Waals surface area contributed by atoms with Gasteiger partial charge >= 0.3 is 0 Å². The summed E-state index contributed by atoms with van der Waals surface area (Å²) in [7, 11) is 0. The lowest BCUT2D eigenvalue weighted by atomic mass is 10.2. The summed E-state index contributed by atoms with van der Waals surface area (Å²) in [4.78, 5) is 17.2. The van der Waals surface area contributed by atoms with E-state index >= 15 is 0 Å². The summed E-state index contributed by atoms with van der Waals surface area (Å²) in [6, 6.07) is 13.3. The molecule has 148 valence electrons. The number of para-hydroxylation sites is 2. The first-order valence-corrected chi connectivity index (χ1v) is 10.6. The fraction of sp³-hybridized carbons (Fsp3) is 0.238. The van der Waals surface area contributed by atoms with Gasteiger partial charge < -0.3 is 5.32 Å². The van der Waals surface area contributed by atoms with Crippen LogP contribution in [0.2, 0.25) is 5.02 Å². The molecule has 0 saturated carbocycles. The number of nitrogens with one attached hydrogen (secondary N) is 1. The van der Waals surface area contributed by atoms with Gasteiger partial charge in [0.05, 0.1) is 16.8 Å². The molecule has 2 aromatic carbocycles. The number of halogens is 1. The molecule has 2 heterocycles. The van der Waals surface area contributed by atoms with Gasteiger partial charge in [0.1, 0.15) is 10.9 Å². The van der Waals surface area contributed by atoms with Crippen molar-refractivity contribution in [1.29, 1.82) is 0 Å². The highest BCUT2D eigenvalue weighted by molar-refractivity contribution is 8.00. The molecule has 0 atom stereocenters. The van der Waals surface area contributed by atoms with E-state index in [0.717, 1.165) is 22.4 Å². The smallest absolute Gasteiger partial charge is 0.234 e. The second kappa shape index (κ2) is 8.00. The minimum absolute atomic E-state index is 0.128. The van der Waals surface area contributed by atoms with E-state index in [1.165, 1.54) is 11.8 Å². The Morgan fingerprint density at radius 3 is 2.79 bits per heavy atom. The number of carbonyl (C=O) groups is 1. The van der Waals surface area contributed by atoms with Crippen molar-refractivity contribution in [3.05, 3.63) is 58.9 Å². The molecule has 0 aliphatic carbocycles. The van der Waals surface area contributed by atoms with Gasteiger partial charge in [0.15, 0.2) is 5.65 Å². The SMILES string of the molecule is Cc1ccc(Cl)cc1NC(=O)CSc1nc2ccccc2n2c(C(C)C)nnc12. The third-order valence-corrected chi connectivity index (χ3v) is 5.74. The lowest BCUT2D eigenvalue weighted by Gasteiger charge is -2.10. The number of amides is 1. The van der Waals surface area contributed by atoms with Crippen LogP contribution in [0.5, 0.6) is 0 Å². The van der Waals surface area contributed by atoms with E-state index in [1.54, 1.807) is 12.1 Å². The molecular formula is C21H20ClN5OS. The molecule has 4 aromatic rings. The van der Waals surface area contributed by atoms with E-state index in [9.17, 15) is 4.79 Å². The fourth-order valence-corrected chi connectivity index (χ4v) is 4.04. The minimum Gasteiger partial charge on any atom is -0.325 e. The van der Waals surface area contributed by atoms with Crippen LogP contribution in [0.3, 0.4) is 0 Å². The van der Waals surface area contributed by atoms with Crippen LogP contribution in [0.25, 0.3) is 16.7 Å². The number of rotatable bonds is 5. The molecule has 0 radical (unpaired) electrons. The maximum atomic E-state index is 12.5. The first kappa shape index (κ1) is 19.7. The fourth-order valence-electron chi connectivity index (χ4n) is 3.10. The molecular weight excluding hydrogens is 406 g/mol. The van der Waals surface area contributed by atoms with Crippen LogP contribution in [-0.4, -0.2) is 31.2 Å². The van der Waals surface area contributed by atoms with Crippen molar-refractivity contribution in [2.24, 2.45) is 0 Å². The molecule has 6 nitrogen and oxygen atoms in total. The van der Waals surface area contributed by atoms with Crippen LogP contribution in [0, 0.1) is 6.92 Å². The molecule has 0 bridgehead atoms. The molecule has 0 fully saturated rings. The largest absolute Gasteiger partial charge is 0.325 e. The van der Waals surface area contributed by atoms with Gasteiger partial charge in [0.2, 0.25) is 5.91 Å². The van der Waals surface area contributed by atoms with Crippen LogP contribution >= 0.6 is 23.4 Å². The lowest BCUT2D eigenvalue weighted by Crippen LogP contribution is -2.15. The van der Waals surface area contributed by atoms with E-state index in [4.69, 9.17) is 16.6 Å². The molecule has 1 N–H and O–H groups in total. The molecule has 0 saturated heterocycles. The van der Waals surface area contributed by atoms with E-state index in [2.05, 4.69) is 29.4 Å². The zero-order valence-electron chi connectivity index (χ0n) is 16.3. The monoisotopic (exact) mass is 425 g/mol. The average molecular weight is 426 g/mol. The van der Waals surface area contributed by atoms with Gasteiger partial charge in [-0.2, -0.15) is 0 Å². The van der Waals surface area contributed by atoms with Crippen LogP contribution in [0.15, 0.2) is 47.5 Å². The number of benzene rings is 2. The maximum Gasteiger partial charge on any atom is 0.234 e. The Morgan fingerprint density at radius 1 is 1.21 bits per heavy atom. The second-order valence-electron chi connectivity index (χ2n) is 7.07. The highest BCUT2D eigenvalue weighted by Crippen LogP contribution is 2.28. The van der Waals surface area contributed by atoms with Crippen LogP contribution in [0.1, 0.15) is 31.2 Å². The Hall–Kier alpha value is -2.64. The predicted molar refractivity (Wildman–Crippen MR) is 118 cm³/mol. The number of hydrogen-bond donors (Lipinski definition) is 1. The Morgan fingerprint density at radius 2 is 2.00 bits per heavy atom. The van der Waals surface area contributed by atoms with Crippen molar-refractivity contribution in [2.45, 2.75) is 31.7 Å². The predicted octanol–water partition coefficient (Wildman–Crippen LogP) is 5.09. The maximum absolute atomic E-state index is 12.5. The van der Waals surface area contributed by atoms with Crippen molar-refractivity contribution in [3.8, 4) is 0 Å². The first-order chi connectivity index (χ1) is 13.9. The lowest BCUT2D eigenvalue weighted by molar-refractivity contribution is -0.113. The van der Waals surface area contributed by atoms with Crippen molar-refractivity contribution < 1.29 is 4.79 Å². The molecule has 8 heteroatoms. The normalized spacial score (nSPS) is 11.5. The summed E-state index contributed by atoms with van der Waals surface area (Å²) in [6.07, 6.45) is 0. The van der Waals surface area contributed by atoms with E-state index < -0.39 is 0 Å². The Kier molecular flexibility index (Phi) is 5.43. The zero-order valence-corrected chi connectivity index (χ0v) is 17.9. The van der Waals surface area contributed by atoms with E-state index in [-0.39, 0.29) is 17.6 Å². The summed E-state index contributed by atoms with van der Waals surface area (Å²) in [5.41, 5.74) is 4.14. The summed E-state index contributed by atoms with van der Waals surface area (Å²) < 4.78 is 2.04. The minimum atomic E-state index is -0.128. The molecule has 0 aliphatic heterocycles. The number of carbonyl (C=O) groups excluding carboxylic acids is 1. The second-order valence-corrected chi connectivity index (χ2v) is 8.47. The number of hydrogen-bond acceptors (Lipinski definition) is 5. The molecule has 29 heavy (non-hydrogen) atoms. The van der Waals surface area contributed by atoms with Gasteiger partial charge in [0.25, 0.3) is 0 Å². The number of nitrogens with zero attached hydrogens (tertiary/aromatic N) is 4. The summed E-state index contributed by atoms with van der Waals surface area (Å²) >= 11 is 7.39. The first-order valence-electron chi connectivity index (χ1n) is 9.26. The van der Waals surface area contributed by atoms with Gasteiger partial charge in [-0.3, -0.25) is 9.20 Å². The molecule has 0 unspecified atom stereocenters. The highest BCUT2D eigenvalue weighted by Gasteiger charge is 2.18. The molecule has 4 rings (SSSR count). The van der Waals surface area contributed by atoms with Crippen LogP contribution in [-0.2, 0) is 4.79 Å². The third kappa shape index (κ3) is 3.93. The Bertz CT molecular complexity index is 1220. The Balaban J connectivity index is 1.64. The van der Waals surface area contributed by atoms with E-state index in [0.29, 0.717) is 21.4 Å². The standard InChI is InChI=1S/C21H20ClN5OS/c1-12(2)19-25-26-20-21(24-15-6-4-5-7-17(15)27(19)20)29-11-18(28)23-16-10-14(22)9-8-13(16)3/h4-10,12H,11H2,1-3H3,(H,23,28). The van der Waals surface area contributed by atoms with Gasteiger partial charge in [-0.25, -0.2) is 4.98 Å². The van der Waals surface area contributed by atoms with E-state index in [1.807, 2.05) is 41.7 Å².